The highest BCUT2D eigenvalue weighted by molar-refractivity contribution is 5.78. The quantitative estimate of drug-likeness (QED) is 0.762. The van der Waals surface area contributed by atoms with E-state index >= 15 is 0 Å². The molecule has 0 aliphatic rings. The van der Waals surface area contributed by atoms with E-state index in [2.05, 4.69) is 4.98 Å². The maximum atomic E-state index is 13.3. The number of pyridine rings is 1. The SMILES string of the molecule is Nc1cc(-c2cccc(F)c2)ncc1-c1cccc(F)c1. The van der Waals surface area contributed by atoms with Crippen LogP contribution in [0.2, 0.25) is 0 Å². The number of anilines is 1. The molecule has 0 atom stereocenters. The molecule has 21 heavy (non-hydrogen) atoms. The molecule has 0 saturated heterocycles. The average molecular weight is 282 g/mol. The van der Waals surface area contributed by atoms with Gasteiger partial charge in [0.05, 0.1) is 5.69 Å². The number of aromatic nitrogens is 1. The third-order valence-electron chi connectivity index (χ3n) is 3.19. The lowest BCUT2D eigenvalue weighted by Crippen LogP contribution is -1.94. The number of nitrogens with two attached hydrogens (primary N) is 1. The molecule has 2 N–H and O–H groups in total. The van der Waals surface area contributed by atoms with Crippen LogP contribution in [0, 0.1) is 11.6 Å². The molecule has 2 nitrogen and oxygen atoms in total. The molecular formula is C17H12F2N2. The zero-order valence-corrected chi connectivity index (χ0v) is 11.1. The molecule has 2 aromatic carbocycles. The molecule has 1 aromatic heterocycles. The Hall–Kier alpha value is -2.75. The van der Waals surface area contributed by atoms with Gasteiger partial charge < -0.3 is 5.73 Å². The standard InChI is InChI=1S/C17H12F2N2/c18-13-5-1-3-11(7-13)15-10-21-17(9-16(15)20)12-4-2-6-14(19)8-12/h1-10H,(H2,20,21). The number of rotatable bonds is 2. The summed E-state index contributed by atoms with van der Waals surface area (Å²) in [5.74, 6) is -0.664. The Labute approximate surface area is 120 Å². The van der Waals surface area contributed by atoms with Crippen LogP contribution in [-0.4, -0.2) is 4.98 Å². The minimum Gasteiger partial charge on any atom is -0.398 e. The van der Waals surface area contributed by atoms with E-state index in [4.69, 9.17) is 5.73 Å². The van der Waals surface area contributed by atoms with Crippen LogP contribution < -0.4 is 5.73 Å². The smallest absolute Gasteiger partial charge is 0.123 e. The Morgan fingerprint density at radius 1 is 0.810 bits per heavy atom. The van der Waals surface area contributed by atoms with Gasteiger partial charge >= 0.3 is 0 Å². The highest BCUT2D eigenvalue weighted by Crippen LogP contribution is 2.29. The first-order valence-electron chi connectivity index (χ1n) is 6.41. The highest BCUT2D eigenvalue weighted by Gasteiger charge is 2.08. The van der Waals surface area contributed by atoms with Gasteiger partial charge in [-0.25, -0.2) is 8.78 Å². The summed E-state index contributed by atoms with van der Waals surface area (Å²) >= 11 is 0. The first kappa shape index (κ1) is 13.2. The lowest BCUT2D eigenvalue weighted by Gasteiger charge is -2.08. The largest absolute Gasteiger partial charge is 0.398 e. The first-order chi connectivity index (χ1) is 10.1. The molecule has 0 spiro atoms. The van der Waals surface area contributed by atoms with E-state index in [0.717, 1.165) is 0 Å². The summed E-state index contributed by atoms with van der Waals surface area (Å²) in [6.45, 7) is 0. The summed E-state index contributed by atoms with van der Waals surface area (Å²) in [5, 5.41) is 0. The van der Waals surface area contributed by atoms with Crippen molar-refractivity contribution < 1.29 is 8.78 Å². The van der Waals surface area contributed by atoms with E-state index in [0.29, 0.717) is 28.1 Å². The lowest BCUT2D eigenvalue weighted by molar-refractivity contribution is 0.628. The number of benzene rings is 2. The summed E-state index contributed by atoms with van der Waals surface area (Å²) in [5.41, 5.74) is 9.02. The maximum Gasteiger partial charge on any atom is 0.123 e. The van der Waals surface area contributed by atoms with Crippen molar-refractivity contribution in [1.82, 2.24) is 4.98 Å². The molecule has 1 heterocycles. The molecule has 4 heteroatoms. The Balaban J connectivity index is 2.04. The van der Waals surface area contributed by atoms with Crippen LogP contribution in [-0.2, 0) is 0 Å². The molecule has 0 radical (unpaired) electrons. The summed E-state index contributed by atoms with van der Waals surface area (Å²) in [4.78, 5) is 4.29. The van der Waals surface area contributed by atoms with Crippen LogP contribution in [0.25, 0.3) is 22.4 Å². The second-order valence-electron chi connectivity index (χ2n) is 4.68. The third-order valence-corrected chi connectivity index (χ3v) is 3.19. The van der Waals surface area contributed by atoms with Crippen LogP contribution in [0.15, 0.2) is 60.8 Å². The minimum absolute atomic E-state index is 0.331. The zero-order valence-electron chi connectivity index (χ0n) is 11.1. The van der Waals surface area contributed by atoms with Crippen LogP contribution >= 0.6 is 0 Å². The van der Waals surface area contributed by atoms with Crippen molar-refractivity contribution in [2.24, 2.45) is 0 Å². The fourth-order valence-electron chi connectivity index (χ4n) is 2.17. The van der Waals surface area contributed by atoms with Crippen LogP contribution in [0.1, 0.15) is 0 Å². The van der Waals surface area contributed by atoms with E-state index in [9.17, 15) is 8.78 Å². The summed E-state index contributed by atoms with van der Waals surface area (Å²) in [6, 6.07) is 13.9. The number of halogens is 2. The van der Waals surface area contributed by atoms with E-state index < -0.39 is 0 Å². The average Bonchev–Trinajstić information content (AvgIpc) is 2.47. The van der Waals surface area contributed by atoms with Gasteiger partial charge in [-0.3, -0.25) is 4.98 Å². The summed E-state index contributed by atoms with van der Waals surface area (Å²) < 4.78 is 26.5. The van der Waals surface area contributed by atoms with Gasteiger partial charge in [-0.1, -0.05) is 24.3 Å². The van der Waals surface area contributed by atoms with Gasteiger partial charge in [0.2, 0.25) is 0 Å². The van der Waals surface area contributed by atoms with Gasteiger partial charge in [0.1, 0.15) is 11.6 Å². The Morgan fingerprint density at radius 3 is 2.05 bits per heavy atom. The first-order valence-corrected chi connectivity index (χ1v) is 6.41. The van der Waals surface area contributed by atoms with Crippen molar-refractivity contribution >= 4 is 5.69 Å². The normalized spacial score (nSPS) is 10.6. The number of nitrogens with zero attached hydrogens (tertiary/aromatic N) is 1. The van der Waals surface area contributed by atoms with Crippen molar-refractivity contribution in [2.75, 3.05) is 5.73 Å². The molecule has 0 aliphatic carbocycles. The zero-order chi connectivity index (χ0) is 14.8. The van der Waals surface area contributed by atoms with Gasteiger partial charge in [-0.15, -0.1) is 0 Å². The number of nitrogen functional groups attached to an aromatic ring is 1. The van der Waals surface area contributed by atoms with Gasteiger partial charge in [-0.2, -0.15) is 0 Å². The number of hydrogen-bond donors (Lipinski definition) is 1. The van der Waals surface area contributed by atoms with E-state index in [1.165, 1.54) is 24.3 Å². The van der Waals surface area contributed by atoms with Crippen molar-refractivity contribution in [3.63, 3.8) is 0 Å². The molecule has 0 saturated carbocycles. The Morgan fingerprint density at radius 2 is 1.43 bits per heavy atom. The molecule has 104 valence electrons. The predicted octanol–water partition coefficient (Wildman–Crippen LogP) is 4.28. The molecule has 0 fully saturated rings. The topological polar surface area (TPSA) is 38.9 Å². The lowest BCUT2D eigenvalue weighted by atomic mass is 10.0. The fraction of sp³-hybridized carbons (Fsp3) is 0. The second-order valence-corrected chi connectivity index (χ2v) is 4.68. The predicted molar refractivity (Wildman–Crippen MR) is 79.4 cm³/mol. The van der Waals surface area contributed by atoms with Crippen molar-refractivity contribution in [3.05, 3.63) is 72.4 Å². The van der Waals surface area contributed by atoms with Crippen molar-refractivity contribution in [1.29, 1.82) is 0 Å². The Kier molecular flexibility index (Phi) is 3.36. The minimum atomic E-state index is -0.332. The molecule has 0 unspecified atom stereocenters. The molecule has 0 bridgehead atoms. The second kappa shape index (κ2) is 5.32. The van der Waals surface area contributed by atoms with Gasteiger partial charge in [0, 0.05) is 23.0 Å². The monoisotopic (exact) mass is 282 g/mol. The molecule has 3 rings (SSSR count). The van der Waals surface area contributed by atoms with E-state index in [1.807, 2.05) is 0 Å². The van der Waals surface area contributed by atoms with Crippen LogP contribution in [0.5, 0.6) is 0 Å². The molecular weight excluding hydrogens is 270 g/mol. The van der Waals surface area contributed by atoms with Crippen LogP contribution in [0.4, 0.5) is 14.5 Å². The Bertz CT molecular complexity index is 800. The highest BCUT2D eigenvalue weighted by atomic mass is 19.1. The molecule has 0 aliphatic heterocycles. The maximum absolute atomic E-state index is 13.3. The summed E-state index contributed by atoms with van der Waals surface area (Å²) in [7, 11) is 0. The summed E-state index contributed by atoms with van der Waals surface area (Å²) in [6.07, 6.45) is 1.57. The van der Waals surface area contributed by atoms with E-state index in [1.54, 1.807) is 36.5 Å². The van der Waals surface area contributed by atoms with Crippen molar-refractivity contribution in [2.45, 2.75) is 0 Å². The van der Waals surface area contributed by atoms with Crippen LogP contribution in [0.3, 0.4) is 0 Å². The van der Waals surface area contributed by atoms with Gasteiger partial charge in [0.25, 0.3) is 0 Å². The molecule has 0 amide bonds. The van der Waals surface area contributed by atoms with Gasteiger partial charge in [-0.05, 0) is 35.9 Å². The van der Waals surface area contributed by atoms with Crippen molar-refractivity contribution in [3.8, 4) is 22.4 Å². The number of hydrogen-bond acceptors (Lipinski definition) is 2. The van der Waals surface area contributed by atoms with Gasteiger partial charge in [0.15, 0.2) is 0 Å². The molecule has 3 aromatic rings. The third kappa shape index (κ3) is 2.74. The fourth-order valence-corrected chi connectivity index (χ4v) is 2.17. The van der Waals surface area contributed by atoms with E-state index in [-0.39, 0.29) is 11.6 Å².